The smallest absolute Gasteiger partial charge is 0.335 e. The van der Waals surface area contributed by atoms with Crippen molar-refractivity contribution in [3.63, 3.8) is 0 Å². The van der Waals surface area contributed by atoms with Crippen molar-refractivity contribution < 1.29 is 104 Å². The van der Waals surface area contributed by atoms with Crippen LogP contribution in [0.1, 0.15) is 57.6 Å². The normalized spacial score (nSPS) is 18.2. The first-order chi connectivity index (χ1) is 37.5. The zero-order valence-corrected chi connectivity index (χ0v) is 47.5. The average molecular weight is 1200 g/mol. The zero-order valence-electron chi connectivity index (χ0n) is 44.3. The fourth-order valence-corrected chi connectivity index (χ4v) is 12.9. The van der Waals surface area contributed by atoms with E-state index in [-0.39, 0.29) is 107 Å². The van der Waals surface area contributed by atoms with Crippen molar-refractivity contribution in [3.8, 4) is 0 Å². The van der Waals surface area contributed by atoms with E-state index in [4.69, 9.17) is 33.3 Å². The van der Waals surface area contributed by atoms with Gasteiger partial charge in [-0.15, -0.1) is 5.06 Å². The van der Waals surface area contributed by atoms with E-state index in [0.29, 0.717) is 70.9 Å². The molecule has 0 aliphatic carbocycles. The molecule has 25 nitrogen and oxygen atoms in total. The molecule has 1 saturated heterocycles. The fourth-order valence-electron chi connectivity index (χ4n) is 10.2. The molecule has 436 valence electrons. The summed E-state index contributed by atoms with van der Waals surface area (Å²) in [7, 11) is -17.3. The Kier molecular flexibility index (Phi) is 19.2. The summed E-state index contributed by atoms with van der Waals surface area (Å²) in [5, 5.41) is 0.408. The van der Waals surface area contributed by atoms with Crippen LogP contribution in [0, 0.1) is 0 Å². The molecule has 4 aromatic carbocycles. The quantitative estimate of drug-likeness (QED) is 0.0266. The van der Waals surface area contributed by atoms with Crippen molar-refractivity contribution >= 4 is 96.9 Å². The summed E-state index contributed by atoms with van der Waals surface area (Å²) in [6.45, 7) is 7.25. The Morgan fingerprint density at radius 1 is 0.625 bits per heavy atom. The molecule has 29 heteroatoms. The Hall–Kier alpha value is -5.64. The van der Waals surface area contributed by atoms with Gasteiger partial charge < -0.3 is 38.2 Å². The van der Waals surface area contributed by atoms with Gasteiger partial charge in [-0.3, -0.25) is 27.8 Å². The van der Waals surface area contributed by atoms with E-state index < -0.39 is 88.7 Å². The number of carbonyl (C=O) groups is 3. The predicted molar refractivity (Wildman–Crippen MR) is 285 cm³/mol. The number of hydroxylamine groups is 2. The topological polar surface area (TPSA) is 343 Å². The van der Waals surface area contributed by atoms with E-state index in [2.05, 4.69) is 0 Å². The lowest BCUT2D eigenvalue weighted by Gasteiger charge is -2.27. The first-order valence-electron chi connectivity index (χ1n) is 24.8. The highest BCUT2D eigenvalue weighted by atomic mass is 32.2. The maximum absolute atomic E-state index is 12.9. The molecule has 0 radical (unpaired) electrons. The minimum atomic E-state index is -5.10. The molecule has 4 N–H and O–H groups in total. The van der Waals surface area contributed by atoms with Crippen LogP contribution in [-0.4, -0.2) is 178 Å². The van der Waals surface area contributed by atoms with Crippen molar-refractivity contribution in [2.45, 2.75) is 76.9 Å². The maximum atomic E-state index is 12.9. The van der Waals surface area contributed by atoms with Crippen LogP contribution in [0.4, 0.5) is 11.4 Å². The van der Waals surface area contributed by atoms with Gasteiger partial charge in [-0.05, 0) is 72.2 Å². The van der Waals surface area contributed by atoms with Crippen LogP contribution in [0.25, 0.3) is 21.5 Å². The van der Waals surface area contributed by atoms with Gasteiger partial charge in [0, 0.05) is 85.5 Å². The summed E-state index contributed by atoms with van der Waals surface area (Å²) in [4.78, 5) is 40.2. The molecule has 1 atom stereocenters. The molecule has 1 unspecified atom stereocenters. The summed E-state index contributed by atoms with van der Waals surface area (Å²) in [6.07, 6.45) is 4.80. The molecule has 0 aromatic heterocycles. The molecular formula is C51H62N3O22S4+. The Bertz CT molecular complexity index is 3640. The summed E-state index contributed by atoms with van der Waals surface area (Å²) in [5.74, 6) is -2.21. The van der Waals surface area contributed by atoms with Crippen molar-refractivity contribution in [1.82, 2.24) is 5.06 Å². The van der Waals surface area contributed by atoms with E-state index in [1.165, 1.54) is 19.2 Å². The third-order valence-corrected chi connectivity index (χ3v) is 17.3. The number of ether oxygens (including phenoxy) is 6. The number of anilines is 1. The Balaban J connectivity index is 1.33. The number of hydrogen-bond donors (Lipinski definition) is 4. The number of rotatable bonds is 28. The third-order valence-electron chi connectivity index (χ3n) is 13.9. The van der Waals surface area contributed by atoms with E-state index in [9.17, 15) is 66.3 Å². The van der Waals surface area contributed by atoms with Crippen LogP contribution >= 0.6 is 0 Å². The molecule has 3 aliphatic rings. The van der Waals surface area contributed by atoms with Gasteiger partial charge in [0.1, 0.15) is 16.4 Å². The van der Waals surface area contributed by atoms with E-state index >= 15 is 0 Å². The number of nitrogens with zero attached hydrogens (tertiary/aromatic N) is 3. The summed E-state index contributed by atoms with van der Waals surface area (Å²) in [6, 6.07) is 9.50. The highest BCUT2D eigenvalue weighted by Gasteiger charge is 2.49. The molecule has 0 spiro atoms. The Labute approximate surface area is 462 Å². The molecule has 0 bridgehead atoms. The van der Waals surface area contributed by atoms with E-state index in [0.717, 1.165) is 12.1 Å². The molecule has 4 aromatic rings. The van der Waals surface area contributed by atoms with Crippen LogP contribution in [-0.2, 0) is 98.9 Å². The van der Waals surface area contributed by atoms with Gasteiger partial charge in [0.2, 0.25) is 5.69 Å². The van der Waals surface area contributed by atoms with Crippen LogP contribution in [0.5, 0.6) is 0 Å². The second-order valence-electron chi connectivity index (χ2n) is 19.4. The molecule has 3 aliphatic heterocycles. The van der Waals surface area contributed by atoms with Gasteiger partial charge in [0.05, 0.1) is 74.5 Å². The maximum Gasteiger partial charge on any atom is 0.335 e. The van der Waals surface area contributed by atoms with Gasteiger partial charge in [-0.1, -0.05) is 26.0 Å². The second kappa shape index (κ2) is 24.8. The molecule has 0 saturated carbocycles. The molecule has 1 fully saturated rings. The van der Waals surface area contributed by atoms with Gasteiger partial charge in [0.25, 0.3) is 52.3 Å². The van der Waals surface area contributed by atoms with Crippen LogP contribution in [0.15, 0.2) is 92.0 Å². The second-order valence-corrected chi connectivity index (χ2v) is 25.0. The zero-order chi connectivity index (χ0) is 58.6. The van der Waals surface area contributed by atoms with E-state index in [1.54, 1.807) is 56.2 Å². The number of amides is 2. The van der Waals surface area contributed by atoms with Crippen LogP contribution in [0.3, 0.4) is 0 Å². The van der Waals surface area contributed by atoms with Gasteiger partial charge in [-0.2, -0.15) is 38.2 Å². The van der Waals surface area contributed by atoms with Crippen molar-refractivity contribution in [1.29, 1.82) is 0 Å². The highest BCUT2D eigenvalue weighted by Crippen LogP contribution is 2.52. The number of methoxy groups -OCH3 is 2. The number of benzene rings is 4. The standard InChI is InChI=1S/C51H61N3O22S4/c1-50(2)43(52(18-22-72-19-15-47(57)76-54-45(55)13-14-46(54)56)39-11-9-35-37(48(39)50)29-33(77(58,59)60)31-41(35)79(64,65)66)7-6-8-44-51(3,16-20-73-25-26-75-28-27-74-24-23-71-5)49-38-30-34(78(61,62)63)32-42(80(67,68)69)36(38)10-12-40(49)53(44)17-21-70-4/h6-12,29-32H,13-28H2,1-5H3,(H3-,58,59,60,61,62,63,64,65,66,67,68,69)/p+1. The minimum absolute atomic E-state index is 0.0304. The number of carbonyl (C=O) groups excluding carboxylic acids is 3. The van der Waals surface area contributed by atoms with Crippen molar-refractivity contribution in [2.24, 2.45) is 0 Å². The van der Waals surface area contributed by atoms with E-state index in [1.807, 2.05) is 11.5 Å². The fraction of sp³-hybridized carbons (Fsp3) is 0.451. The average Bonchev–Trinajstić information content (AvgIpc) is 3.96. The third kappa shape index (κ3) is 13.5. The monoisotopic (exact) mass is 1200 g/mol. The number of allylic oxidation sites excluding steroid dienone is 4. The summed E-state index contributed by atoms with van der Waals surface area (Å²) < 4.78 is 179. The van der Waals surface area contributed by atoms with Gasteiger partial charge in [-0.25, -0.2) is 4.79 Å². The lowest BCUT2D eigenvalue weighted by Crippen LogP contribution is -2.33. The number of imide groups is 1. The minimum Gasteiger partial charge on any atom is -0.382 e. The molecule has 2 amide bonds. The highest BCUT2D eigenvalue weighted by molar-refractivity contribution is 7.87. The van der Waals surface area contributed by atoms with Crippen LogP contribution < -0.4 is 4.90 Å². The molecule has 7 rings (SSSR count). The van der Waals surface area contributed by atoms with Crippen molar-refractivity contribution in [3.05, 3.63) is 83.6 Å². The summed E-state index contributed by atoms with van der Waals surface area (Å²) in [5.41, 5.74) is 0.383. The Morgan fingerprint density at radius 3 is 1.68 bits per heavy atom. The van der Waals surface area contributed by atoms with Gasteiger partial charge in [0.15, 0.2) is 12.3 Å². The number of fused-ring (bicyclic) bond motifs is 6. The first-order valence-corrected chi connectivity index (χ1v) is 30.6. The van der Waals surface area contributed by atoms with Crippen molar-refractivity contribution in [2.75, 3.05) is 98.3 Å². The van der Waals surface area contributed by atoms with Crippen LogP contribution in [0.2, 0.25) is 0 Å². The summed E-state index contributed by atoms with van der Waals surface area (Å²) >= 11 is 0. The SMILES string of the molecule is COCCOCCOCCOCCC1(C)C(/C=C/C=C2/N(CCOCCC(=O)ON3C(=O)CCC3=O)c3ccc4c(S(=O)(=O)O)cc(S(=O)(=O)O)cc4c3C2(C)C)=[N+](CCOC)c2ccc3c(S(=O)(=O)O)cc(S(=O)(=O)O)cc3c21. The predicted octanol–water partition coefficient (Wildman–Crippen LogP) is 4.32. The molecule has 3 heterocycles. The lowest BCUT2D eigenvalue weighted by atomic mass is 9.74. The Morgan fingerprint density at radius 2 is 1.14 bits per heavy atom. The first kappa shape index (κ1) is 62.0. The molecular weight excluding hydrogens is 1130 g/mol. The largest absolute Gasteiger partial charge is 0.382 e. The lowest BCUT2D eigenvalue weighted by molar-refractivity contribution is -0.441. The molecule has 80 heavy (non-hydrogen) atoms. The number of hydrogen-bond acceptors (Lipinski definition) is 19. The van der Waals surface area contributed by atoms with Gasteiger partial charge >= 0.3 is 5.97 Å².